The summed E-state index contributed by atoms with van der Waals surface area (Å²) in [4.78, 5) is 24.5. The molecule has 0 saturated heterocycles. The molecule has 0 fully saturated rings. The molecule has 184 valence electrons. The summed E-state index contributed by atoms with van der Waals surface area (Å²) in [6.07, 6.45) is -5.00. The minimum Gasteiger partial charge on any atom is -0.489 e. The number of thiophene rings is 1. The number of hydrogen-bond donors (Lipinski definition) is 2. The highest BCUT2D eigenvalue weighted by molar-refractivity contribution is 7.12. The van der Waals surface area contributed by atoms with Gasteiger partial charge in [-0.25, -0.2) is 0 Å². The number of carbonyl (C=O) groups excluding carboxylic acids is 1. The number of carboxylic acids is 1. The first-order chi connectivity index (χ1) is 16.6. The monoisotopic (exact) mass is 506 g/mol. The van der Waals surface area contributed by atoms with Crippen LogP contribution in [0, 0.1) is 0 Å². The summed E-state index contributed by atoms with van der Waals surface area (Å²) in [6, 6.07) is 13.3. The lowest BCUT2D eigenvalue weighted by molar-refractivity contribution is -0.139. The van der Waals surface area contributed by atoms with Gasteiger partial charge in [0.1, 0.15) is 29.6 Å². The Labute approximate surface area is 202 Å². The molecule has 0 aliphatic carbocycles. The number of benzene rings is 2. The van der Waals surface area contributed by atoms with E-state index in [2.05, 4.69) is 0 Å². The first-order valence-corrected chi connectivity index (χ1v) is 11.4. The Morgan fingerprint density at radius 3 is 2.60 bits per heavy atom. The minimum absolute atomic E-state index is 0.0918. The third-order valence-electron chi connectivity index (χ3n) is 5.28. The molecule has 11 heteroatoms. The molecule has 0 bridgehead atoms. The fraction of sp³-hybridized carbons (Fsp3) is 0.250. The van der Waals surface area contributed by atoms with Crippen LogP contribution in [0.2, 0.25) is 0 Å². The van der Waals surface area contributed by atoms with E-state index >= 15 is 0 Å². The number of ether oxygens (including phenoxy) is 2. The number of carbonyl (C=O) groups is 2. The molecule has 1 unspecified atom stereocenters. The van der Waals surface area contributed by atoms with Crippen molar-refractivity contribution in [2.45, 2.75) is 25.2 Å². The summed E-state index contributed by atoms with van der Waals surface area (Å²) in [5.74, 6) is -1.05. The van der Waals surface area contributed by atoms with Crippen molar-refractivity contribution in [1.29, 1.82) is 0 Å². The van der Waals surface area contributed by atoms with Gasteiger partial charge in [0.05, 0.1) is 24.7 Å². The maximum absolute atomic E-state index is 13.6. The van der Waals surface area contributed by atoms with Gasteiger partial charge >= 0.3 is 12.1 Å². The van der Waals surface area contributed by atoms with E-state index in [0.717, 1.165) is 0 Å². The molecule has 4 rings (SSSR count). The third-order valence-corrected chi connectivity index (χ3v) is 6.43. The van der Waals surface area contributed by atoms with Crippen LogP contribution in [0.15, 0.2) is 54.6 Å². The van der Waals surface area contributed by atoms with Gasteiger partial charge in [0.2, 0.25) is 5.91 Å². The summed E-state index contributed by atoms with van der Waals surface area (Å²) in [6.45, 7) is 0.283. The second-order valence-corrected chi connectivity index (χ2v) is 8.92. The molecule has 1 aliphatic rings. The highest BCUT2D eigenvalue weighted by atomic mass is 32.1. The molecule has 1 aliphatic heterocycles. The Morgan fingerprint density at radius 2 is 1.91 bits per heavy atom. The number of halogens is 3. The van der Waals surface area contributed by atoms with E-state index < -0.39 is 35.4 Å². The zero-order chi connectivity index (χ0) is 25.2. The highest BCUT2D eigenvalue weighted by Crippen LogP contribution is 2.43. The maximum atomic E-state index is 13.6. The first-order valence-electron chi connectivity index (χ1n) is 10.6. The average Bonchev–Trinajstić information content (AvgIpc) is 3.27. The van der Waals surface area contributed by atoms with Crippen LogP contribution in [0.5, 0.6) is 11.5 Å². The zero-order valence-electron chi connectivity index (χ0n) is 18.2. The van der Waals surface area contributed by atoms with E-state index in [1.807, 2.05) is 0 Å². The minimum atomic E-state index is -4.49. The van der Waals surface area contributed by atoms with Crippen LogP contribution in [-0.4, -0.2) is 36.2 Å². The van der Waals surface area contributed by atoms with Crippen LogP contribution < -0.4 is 20.1 Å². The summed E-state index contributed by atoms with van der Waals surface area (Å²) in [7, 11) is 0. The van der Waals surface area contributed by atoms with Gasteiger partial charge in [-0.15, -0.1) is 11.3 Å². The SMILES string of the molecule is NC(CC(=O)O)C(=O)N1CCOc2cc(OCc3cc(-c4ccccc4)c(C(F)(F)F)s3)ccc21. The van der Waals surface area contributed by atoms with Crippen molar-refractivity contribution in [3.05, 3.63) is 64.4 Å². The number of aliphatic carboxylic acids is 1. The third kappa shape index (κ3) is 5.57. The summed E-state index contributed by atoms with van der Waals surface area (Å²) in [5.41, 5.74) is 6.70. The van der Waals surface area contributed by atoms with Crippen molar-refractivity contribution in [3.63, 3.8) is 0 Å². The normalized spacial score (nSPS) is 14.1. The Kier molecular flexibility index (Phi) is 6.99. The van der Waals surface area contributed by atoms with Crippen molar-refractivity contribution < 1.29 is 37.3 Å². The van der Waals surface area contributed by atoms with E-state index in [4.69, 9.17) is 20.3 Å². The molecule has 0 radical (unpaired) electrons. The van der Waals surface area contributed by atoms with E-state index in [-0.39, 0.29) is 25.3 Å². The maximum Gasteiger partial charge on any atom is 0.426 e. The topological polar surface area (TPSA) is 102 Å². The second kappa shape index (κ2) is 9.96. The van der Waals surface area contributed by atoms with Crippen LogP contribution in [0.4, 0.5) is 18.9 Å². The van der Waals surface area contributed by atoms with Gasteiger partial charge in [-0.1, -0.05) is 30.3 Å². The van der Waals surface area contributed by atoms with Crippen LogP contribution in [0.1, 0.15) is 16.2 Å². The molecule has 0 saturated carbocycles. The number of amides is 1. The van der Waals surface area contributed by atoms with Gasteiger partial charge in [-0.05, 0) is 23.8 Å². The zero-order valence-corrected chi connectivity index (χ0v) is 19.1. The summed E-state index contributed by atoms with van der Waals surface area (Å²) < 4.78 is 52.2. The number of alkyl halides is 3. The molecule has 1 amide bonds. The highest BCUT2D eigenvalue weighted by Gasteiger charge is 2.36. The number of fused-ring (bicyclic) bond motifs is 1. The average molecular weight is 507 g/mol. The second-order valence-electron chi connectivity index (χ2n) is 7.78. The molecule has 7 nitrogen and oxygen atoms in total. The van der Waals surface area contributed by atoms with Crippen LogP contribution in [-0.2, 0) is 22.4 Å². The van der Waals surface area contributed by atoms with Crippen LogP contribution in [0.3, 0.4) is 0 Å². The van der Waals surface area contributed by atoms with Gasteiger partial charge in [-0.2, -0.15) is 13.2 Å². The predicted octanol–water partition coefficient (Wildman–Crippen LogP) is 4.54. The van der Waals surface area contributed by atoms with E-state index in [9.17, 15) is 22.8 Å². The molecule has 0 spiro atoms. The quantitative estimate of drug-likeness (QED) is 0.488. The van der Waals surface area contributed by atoms with E-state index in [1.54, 1.807) is 42.5 Å². The molecular weight excluding hydrogens is 485 g/mol. The molecule has 1 aromatic heterocycles. The van der Waals surface area contributed by atoms with Crippen molar-refractivity contribution in [2.75, 3.05) is 18.1 Å². The largest absolute Gasteiger partial charge is 0.489 e. The van der Waals surface area contributed by atoms with Gasteiger partial charge in [-0.3, -0.25) is 9.59 Å². The van der Waals surface area contributed by atoms with Crippen LogP contribution in [0.25, 0.3) is 11.1 Å². The summed E-state index contributed by atoms with van der Waals surface area (Å²) in [5, 5.41) is 8.89. The van der Waals surface area contributed by atoms with Gasteiger partial charge in [0.15, 0.2) is 0 Å². The lowest BCUT2D eigenvalue weighted by Gasteiger charge is -2.31. The molecular formula is C24H21F3N2O5S. The fourth-order valence-corrected chi connectivity index (χ4v) is 4.66. The van der Waals surface area contributed by atoms with E-state index in [0.29, 0.717) is 39.0 Å². The number of anilines is 1. The summed E-state index contributed by atoms with van der Waals surface area (Å²) >= 11 is 0.626. The number of carboxylic acid groups (broad SMARTS) is 1. The Hall–Kier alpha value is -3.57. The standard InChI is InChI=1S/C24H21F3N2O5S/c25-24(26,27)22-17(14-4-2-1-3-5-14)11-16(35-22)13-34-15-6-7-19-20(10-15)33-9-8-29(19)23(32)18(28)12-21(30)31/h1-7,10-11,18H,8-9,12-13,28H2,(H,30,31). The van der Waals surface area contributed by atoms with E-state index in [1.165, 1.54) is 17.0 Å². The van der Waals surface area contributed by atoms with Crippen LogP contribution >= 0.6 is 11.3 Å². The van der Waals surface area contributed by atoms with Gasteiger partial charge in [0.25, 0.3) is 0 Å². The number of nitrogens with two attached hydrogens (primary N) is 1. The van der Waals surface area contributed by atoms with Gasteiger partial charge < -0.3 is 25.2 Å². The molecule has 35 heavy (non-hydrogen) atoms. The van der Waals surface area contributed by atoms with Crippen molar-refractivity contribution >= 4 is 28.9 Å². The smallest absolute Gasteiger partial charge is 0.426 e. The Morgan fingerprint density at radius 1 is 1.17 bits per heavy atom. The lowest BCUT2D eigenvalue weighted by Crippen LogP contribution is -2.48. The van der Waals surface area contributed by atoms with Gasteiger partial charge in [0, 0.05) is 16.5 Å². The number of rotatable bonds is 7. The Balaban J connectivity index is 1.51. The first kappa shape index (κ1) is 24.6. The molecule has 3 aromatic rings. The fourth-order valence-electron chi connectivity index (χ4n) is 3.71. The molecule has 3 N–H and O–H groups in total. The lowest BCUT2D eigenvalue weighted by atomic mass is 10.1. The van der Waals surface area contributed by atoms with Crippen molar-refractivity contribution in [3.8, 4) is 22.6 Å². The number of nitrogens with zero attached hydrogens (tertiary/aromatic N) is 1. The molecule has 2 aromatic carbocycles. The van der Waals surface area contributed by atoms with Crippen molar-refractivity contribution in [2.24, 2.45) is 5.73 Å². The van der Waals surface area contributed by atoms with Crippen molar-refractivity contribution in [1.82, 2.24) is 0 Å². The predicted molar refractivity (Wildman–Crippen MR) is 124 cm³/mol. The Bertz CT molecular complexity index is 1230. The molecule has 2 heterocycles. The number of hydrogen-bond acceptors (Lipinski definition) is 6. The molecule has 1 atom stereocenters.